The van der Waals surface area contributed by atoms with Gasteiger partial charge in [0.05, 0.1) is 6.20 Å². The maximum atomic E-state index is 4.14. The molecule has 0 saturated heterocycles. The molecule has 0 unspecified atom stereocenters. The highest BCUT2D eigenvalue weighted by atomic mass is 32.1. The van der Waals surface area contributed by atoms with Gasteiger partial charge in [-0.15, -0.1) is 10.2 Å². The van der Waals surface area contributed by atoms with Crippen molar-refractivity contribution in [2.45, 2.75) is 32.7 Å². The second kappa shape index (κ2) is 4.89. The molecule has 0 radical (unpaired) electrons. The van der Waals surface area contributed by atoms with Crippen LogP contribution in [-0.4, -0.2) is 37.7 Å². The third kappa shape index (κ3) is 3.57. The summed E-state index contributed by atoms with van der Waals surface area (Å²) < 4.78 is 0. The highest BCUT2D eigenvalue weighted by molar-refractivity contribution is 7.14. The van der Waals surface area contributed by atoms with Crippen LogP contribution in [0.5, 0.6) is 0 Å². The lowest BCUT2D eigenvalue weighted by Gasteiger charge is -2.19. The molecular weight excluding hydrogens is 236 g/mol. The third-order valence-electron chi connectivity index (χ3n) is 2.10. The Labute approximate surface area is 104 Å². The van der Waals surface area contributed by atoms with E-state index in [9.17, 15) is 0 Å². The summed E-state index contributed by atoms with van der Waals surface area (Å²) in [6, 6.07) is 0. The predicted molar refractivity (Wildman–Crippen MR) is 66.7 cm³/mol. The highest BCUT2D eigenvalue weighted by Crippen LogP contribution is 2.20. The normalized spacial score (nSPS) is 11.9. The van der Waals surface area contributed by atoms with Gasteiger partial charge in [-0.2, -0.15) is 15.4 Å². The largest absolute Gasteiger partial charge is 0.312 e. The summed E-state index contributed by atoms with van der Waals surface area (Å²) >= 11 is 1.56. The molecule has 0 fully saturated rings. The van der Waals surface area contributed by atoms with Crippen molar-refractivity contribution in [2.24, 2.45) is 0 Å². The van der Waals surface area contributed by atoms with Crippen molar-refractivity contribution in [3.8, 4) is 10.7 Å². The van der Waals surface area contributed by atoms with E-state index in [2.05, 4.69) is 51.7 Å². The highest BCUT2D eigenvalue weighted by Gasteiger charge is 2.11. The second-order valence-electron chi connectivity index (χ2n) is 4.78. The zero-order valence-electron chi connectivity index (χ0n) is 10.2. The number of hydrogen-bond acceptors (Lipinski definition) is 6. The molecule has 0 amide bonds. The lowest BCUT2D eigenvalue weighted by molar-refractivity contribution is 0.429. The second-order valence-corrected chi connectivity index (χ2v) is 5.85. The standard InChI is InChI=1S/C10H16N6S/c1-10(2,3)11-5-4-8-14-15-9(17-8)7-6-12-16-13-7/h6,11H,4-5H2,1-3H3,(H,12,13,16). The average Bonchev–Trinajstić information content (AvgIpc) is 2.83. The Morgan fingerprint density at radius 1 is 1.35 bits per heavy atom. The van der Waals surface area contributed by atoms with Gasteiger partial charge in [-0.1, -0.05) is 11.3 Å². The number of hydrogen-bond donors (Lipinski definition) is 2. The SMILES string of the molecule is CC(C)(C)NCCc1nnc(-c2cn[nH]n2)s1. The van der Waals surface area contributed by atoms with Crippen molar-refractivity contribution in [3.05, 3.63) is 11.2 Å². The molecule has 2 heterocycles. The molecular formula is C10H16N6S. The van der Waals surface area contributed by atoms with Crippen LogP contribution >= 0.6 is 11.3 Å². The van der Waals surface area contributed by atoms with E-state index in [4.69, 9.17) is 0 Å². The molecule has 17 heavy (non-hydrogen) atoms. The van der Waals surface area contributed by atoms with Crippen LogP contribution in [0.4, 0.5) is 0 Å². The fourth-order valence-electron chi connectivity index (χ4n) is 1.31. The first-order chi connectivity index (χ1) is 8.04. The van der Waals surface area contributed by atoms with Gasteiger partial charge in [0, 0.05) is 18.5 Å². The van der Waals surface area contributed by atoms with E-state index in [-0.39, 0.29) is 5.54 Å². The van der Waals surface area contributed by atoms with Crippen LogP contribution < -0.4 is 5.32 Å². The quantitative estimate of drug-likeness (QED) is 0.856. The molecule has 0 atom stereocenters. The van der Waals surface area contributed by atoms with Gasteiger partial charge < -0.3 is 5.32 Å². The Kier molecular flexibility index (Phi) is 3.49. The number of aromatic nitrogens is 5. The smallest absolute Gasteiger partial charge is 0.169 e. The Bertz CT molecular complexity index is 455. The fourth-order valence-corrected chi connectivity index (χ4v) is 2.10. The first-order valence-corrected chi connectivity index (χ1v) is 6.30. The van der Waals surface area contributed by atoms with Gasteiger partial charge in [0.1, 0.15) is 10.7 Å². The first-order valence-electron chi connectivity index (χ1n) is 5.48. The Hall–Kier alpha value is -1.34. The van der Waals surface area contributed by atoms with Crippen LogP contribution in [0.25, 0.3) is 10.7 Å². The van der Waals surface area contributed by atoms with Gasteiger partial charge in [0.2, 0.25) is 0 Å². The summed E-state index contributed by atoms with van der Waals surface area (Å²) in [5.74, 6) is 0. The van der Waals surface area contributed by atoms with Crippen LogP contribution in [0.15, 0.2) is 6.20 Å². The molecule has 0 bridgehead atoms. The third-order valence-corrected chi connectivity index (χ3v) is 3.10. The van der Waals surface area contributed by atoms with Crippen molar-refractivity contribution in [1.82, 2.24) is 30.9 Å². The molecule has 6 nitrogen and oxygen atoms in total. The lowest BCUT2D eigenvalue weighted by atomic mass is 10.1. The maximum absolute atomic E-state index is 4.14. The summed E-state index contributed by atoms with van der Waals surface area (Å²) in [6.45, 7) is 7.34. The minimum atomic E-state index is 0.139. The van der Waals surface area contributed by atoms with E-state index >= 15 is 0 Å². The molecule has 0 aliphatic heterocycles. The summed E-state index contributed by atoms with van der Waals surface area (Å²) in [7, 11) is 0. The van der Waals surface area contributed by atoms with E-state index in [1.165, 1.54) is 0 Å². The van der Waals surface area contributed by atoms with E-state index in [1.54, 1.807) is 17.5 Å². The molecule has 0 aromatic carbocycles. The molecule has 0 saturated carbocycles. The average molecular weight is 252 g/mol. The van der Waals surface area contributed by atoms with Crippen LogP contribution in [-0.2, 0) is 6.42 Å². The number of nitrogens with one attached hydrogen (secondary N) is 2. The topological polar surface area (TPSA) is 79.4 Å². The zero-order chi connectivity index (χ0) is 12.3. The molecule has 92 valence electrons. The van der Waals surface area contributed by atoms with Gasteiger partial charge in [-0.3, -0.25) is 0 Å². The summed E-state index contributed by atoms with van der Waals surface area (Å²) in [5, 5.41) is 23.8. The fraction of sp³-hybridized carbons (Fsp3) is 0.600. The Morgan fingerprint density at radius 3 is 2.82 bits per heavy atom. The monoisotopic (exact) mass is 252 g/mol. The first kappa shape index (κ1) is 12.1. The maximum Gasteiger partial charge on any atom is 0.169 e. The molecule has 0 aliphatic rings. The van der Waals surface area contributed by atoms with Crippen LogP contribution in [0.1, 0.15) is 25.8 Å². The van der Waals surface area contributed by atoms with E-state index in [0.29, 0.717) is 0 Å². The van der Waals surface area contributed by atoms with E-state index in [0.717, 1.165) is 28.7 Å². The van der Waals surface area contributed by atoms with Gasteiger partial charge >= 0.3 is 0 Å². The number of nitrogens with zero attached hydrogens (tertiary/aromatic N) is 4. The summed E-state index contributed by atoms with van der Waals surface area (Å²) in [5.41, 5.74) is 0.886. The Balaban J connectivity index is 1.91. The number of H-pyrrole nitrogens is 1. The minimum absolute atomic E-state index is 0.139. The molecule has 2 aromatic rings. The number of aromatic amines is 1. The molecule has 2 rings (SSSR count). The van der Waals surface area contributed by atoms with Crippen LogP contribution in [0, 0.1) is 0 Å². The van der Waals surface area contributed by atoms with Crippen molar-refractivity contribution in [3.63, 3.8) is 0 Å². The van der Waals surface area contributed by atoms with Gasteiger partial charge in [0.25, 0.3) is 0 Å². The van der Waals surface area contributed by atoms with Crippen molar-refractivity contribution < 1.29 is 0 Å². The van der Waals surface area contributed by atoms with E-state index < -0.39 is 0 Å². The van der Waals surface area contributed by atoms with Crippen molar-refractivity contribution >= 4 is 11.3 Å². The molecule has 2 aromatic heterocycles. The van der Waals surface area contributed by atoms with Crippen molar-refractivity contribution in [2.75, 3.05) is 6.54 Å². The molecule has 0 spiro atoms. The lowest BCUT2D eigenvalue weighted by Crippen LogP contribution is -2.37. The Morgan fingerprint density at radius 2 is 2.18 bits per heavy atom. The van der Waals surface area contributed by atoms with Gasteiger partial charge in [0.15, 0.2) is 5.01 Å². The van der Waals surface area contributed by atoms with Crippen molar-refractivity contribution in [1.29, 1.82) is 0 Å². The minimum Gasteiger partial charge on any atom is -0.312 e. The van der Waals surface area contributed by atoms with Gasteiger partial charge in [-0.25, -0.2) is 0 Å². The molecule has 7 heteroatoms. The van der Waals surface area contributed by atoms with Gasteiger partial charge in [-0.05, 0) is 20.8 Å². The van der Waals surface area contributed by atoms with Crippen LogP contribution in [0.2, 0.25) is 0 Å². The van der Waals surface area contributed by atoms with E-state index in [1.807, 2.05) is 0 Å². The molecule has 0 aliphatic carbocycles. The zero-order valence-corrected chi connectivity index (χ0v) is 11.0. The number of rotatable bonds is 4. The molecule has 2 N–H and O–H groups in total. The summed E-state index contributed by atoms with van der Waals surface area (Å²) in [6.07, 6.45) is 2.53. The van der Waals surface area contributed by atoms with Crippen LogP contribution in [0.3, 0.4) is 0 Å². The summed E-state index contributed by atoms with van der Waals surface area (Å²) in [4.78, 5) is 0. The predicted octanol–water partition coefficient (Wildman–Crippen LogP) is 1.25.